The summed E-state index contributed by atoms with van der Waals surface area (Å²) in [5.74, 6) is 0. The van der Waals surface area contributed by atoms with Crippen LogP contribution in [0.5, 0.6) is 0 Å². The second-order valence-electron chi connectivity index (χ2n) is 5.54. The maximum Gasteiger partial charge on any atom is 0.284 e. The van der Waals surface area contributed by atoms with Gasteiger partial charge in [-0.05, 0) is 47.2 Å². The molecule has 0 N–H and O–H groups in total. The van der Waals surface area contributed by atoms with E-state index in [1.165, 1.54) is 16.8 Å². The molecule has 2 aromatic rings. The van der Waals surface area contributed by atoms with E-state index in [1.807, 2.05) is 0 Å². The van der Waals surface area contributed by atoms with E-state index in [2.05, 4.69) is 15.5 Å². The molecule has 3 rings (SSSR count). The van der Waals surface area contributed by atoms with Crippen LogP contribution < -0.4 is 0 Å². The van der Waals surface area contributed by atoms with Gasteiger partial charge in [0.05, 0.1) is 27.4 Å². The van der Waals surface area contributed by atoms with Crippen molar-refractivity contribution in [3.05, 3.63) is 28.3 Å². The second-order valence-corrected chi connectivity index (χ2v) is 8.56. The summed E-state index contributed by atoms with van der Waals surface area (Å²) in [6.45, 7) is 1.16. The van der Waals surface area contributed by atoms with E-state index in [1.54, 1.807) is 0 Å². The standard InChI is InChI=1S/C13H15N5O5S2/c1-25(21,22)10-4-5-12(11(7-10)18(19)20)24-13-14-15-16-17(13)8-9-3-2-6-23-9/h4-5,7,9H,2-3,6,8H2,1H3/t9-/m1/s1. The molecule has 1 atom stereocenters. The van der Waals surface area contributed by atoms with Gasteiger partial charge in [0.2, 0.25) is 5.16 Å². The lowest BCUT2D eigenvalue weighted by molar-refractivity contribution is -0.388. The minimum atomic E-state index is -3.54. The molecule has 1 saturated heterocycles. The van der Waals surface area contributed by atoms with Crippen LogP contribution in [0.25, 0.3) is 0 Å². The lowest BCUT2D eigenvalue weighted by atomic mass is 10.2. The van der Waals surface area contributed by atoms with E-state index in [0.29, 0.717) is 18.3 Å². The van der Waals surface area contributed by atoms with Crippen LogP contribution in [0.2, 0.25) is 0 Å². The number of nitro groups is 1. The van der Waals surface area contributed by atoms with E-state index in [-0.39, 0.29) is 21.6 Å². The van der Waals surface area contributed by atoms with Crippen LogP contribution >= 0.6 is 11.8 Å². The van der Waals surface area contributed by atoms with Crippen LogP contribution in [-0.4, -0.2) is 52.5 Å². The Bertz CT molecular complexity index is 892. The molecule has 0 aliphatic carbocycles. The molecule has 2 heterocycles. The highest BCUT2D eigenvalue weighted by Gasteiger charge is 2.23. The third kappa shape index (κ3) is 4.14. The SMILES string of the molecule is CS(=O)(=O)c1ccc(Sc2nnnn2C[C@H]2CCCO2)c([N+](=O)[O-])c1. The van der Waals surface area contributed by atoms with Crippen molar-refractivity contribution in [2.75, 3.05) is 12.9 Å². The van der Waals surface area contributed by atoms with Gasteiger partial charge in [0, 0.05) is 18.9 Å². The van der Waals surface area contributed by atoms with Crippen molar-refractivity contribution in [3.8, 4) is 0 Å². The van der Waals surface area contributed by atoms with Gasteiger partial charge in [0.15, 0.2) is 9.84 Å². The maximum absolute atomic E-state index is 11.6. The van der Waals surface area contributed by atoms with Gasteiger partial charge in [0.25, 0.3) is 5.69 Å². The molecular formula is C13H15N5O5S2. The van der Waals surface area contributed by atoms with Crippen LogP contribution in [0.1, 0.15) is 12.8 Å². The quantitative estimate of drug-likeness (QED) is 0.533. The predicted molar refractivity (Wildman–Crippen MR) is 87.1 cm³/mol. The van der Waals surface area contributed by atoms with E-state index in [9.17, 15) is 18.5 Å². The number of benzene rings is 1. The molecule has 0 unspecified atom stereocenters. The Hall–Kier alpha value is -2.05. The fourth-order valence-corrected chi connectivity index (χ4v) is 3.93. The molecule has 1 fully saturated rings. The largest absolute Gasteiger partial charge is 0.376 e. The number of hydrogen-bond donors (Lipinski definition) is 0. The maximum atomic E-state index is 11.6. The number of nitrogens with zero attached hydrogens (tertiary/aromatic N) is 5. The molecule has 0 radical (unpaired) electrons. The summed E-state index contributed by atoms with van der Waals surface area (Å²) < 4.78 is 30.3. The zero-order chi connectivity index (χ0) is 18.0. The first-order chi connectivity index (χ1) is 11.8. The Balaban J connectivity index is 1.88. The Labute approximate surface area is 147 Å². The summed E-state index contributed by atoms with van der Waals surface area (Å²) >= 11 is 1.01. The fraction of sp³-hybridized carbons (Fsp3) is 0.462. The Morgan fingerprint density at radius 1 is 1.48 bits per heavy atom. The summed E-state index contributed by atoms with van der Waals surface area (Å²) in [4.78, 5) is 10.8. The van der Waals surface area contributed by atoms with E-state index < -0.39 is 14.8 Å². The zero-order valence-electron chi connectivity index (χ0n) is 13.2. The number of nitro benzene ring substituents is 1. The normalized spacial score (nSPS) is 17.7. The summed E-state index contributed by atoms with van der Waals surface area (Å²) in [5, 5.41) is 23.1. The van der Waals surface area contributed by atoms with Gasteiger partial charge >= 0.3 is 0 Å². The molecule has 1 aromatic heterocycles. The number of aromatic nitrogens is 4. The first-order valence-electron chi connectivity index (χ1n) is 7.39. The van der Waals surface area contributed by atoms with Crippen molar-refractivity contribution in [2.24, 2.45) is 0 Å². The van der Waals surface area contributed by atoms with Gasteiger partial charge in [-0.3, -0.25) is 10.1 Å². The molecule has 0 spiro atoms. The average molecular weight is 385 g/mol. The van der Waals surface area contributed by atoms with Gasteiger partial charge < -0.3 is 4.74 Å². The first-order valence-corrected chi connectivity index (χ1v) is 10.1. The van der Waals surface area contributed by atoms with Crippen molar-refractivity contribution in [3.63, 3.8) is 0 Å². The number of rotatable bonds is 6. The molecule has 10 nitrogen and oxygen atoms in total. The summed E-state index contributed by atoms with van der Waals surface area (Å²) in [5.41, 5.74) is -0.306. The van der Waals surface area contributed by atoms with Crippen molar-refractivity contribution in [1.29, 1.82) is 0 Å². The van der Waals surface area contributed by atoms with Gasteiger partial charge in [-0.15, -0.1) is 5.10 Å². The van der Waals surface area contributed by atoms with Crippen molar-refractivity contribution < 1.29 is 18.1 Å². The van der Waals surface area contributed by atoms with E-state index in [0.717, 1.165) is 36.9 Å². The highest BCUT2D eigenvalue weighted by atomic mass is 32.2. The van der Waals surface area contributed by atoms with Crippen LogP contribution in [0.4, 0.5) is 5.69 Å². The van der Waals surface area contributed by atoms with Crippen molar-refractivity contribution in [2.45, 2.75) is 40.4 Å². The van der Waals surface area contributed by atoms with Gasteiger partial charge in [-0.2, -0.15) is 0 Å². The Morgan fingerprint density at radius 3 is 2.92 bits per heavy atom. The Kier molecular flexibility index (Phi) is 5.01. The number of hydrogen-bond acceptors (Lipinski definition) is 9. The molecule has 1 aromatic carbocycles. The van der Waals surface area contributed by atoms with Crippen molar-refractivity contribution in [1.82, 2.24) is 20.2 Å². The number of tetrazole rings is 1. The molecule has 134 valence electrons. The smallest absolute Gasteiger partial charge is 0.284 e. The summed E-state index contributed by atoms with van der Waals surface area (Å²) in [6.07, 6.45) is 2.91. The lowest BCUT2D eigenvalue weighted by Gasteiger charge is -2.10. The van der Waals surface area contributed by atoms with Crippen molar-refractivity contribution >= 4 is 27.3 Å². The van der Waals surface area contributed by atoms with E-state index in [4.69, 9.17) is 4.74 Å². The number of sulfone groups is 1. The minimum Gasteiger partial charge on any atom is -0.376 e. The van der Waals surface area contributed by atoms with Crippen LogP contribution in [0.3, 0.4) is 0 Å². The monoisotopic (exact) mass is 385 g/mol. The van der Waals surface area contributed by atoms with E-state index >= 15 is 0 Å². The zero-order valence-corrected chi connectivity index (χ0v) is 14.9. The third-order valence-corrected chi connectivity index (χ3v) is 5.81. The summed E-state index contributed by atoms with van der Waals surface area (Å²) in [6, 6.07) is 3.77. The predicted octanol–water partition coefficient (Wildman–Crippen LogP) is 1.31. The fourth-order valence-electron chi connectivity index (χ4n) is 2.42. The first kappa shape index (κ1) is 17.8. The summed E-state index contributed by atoms with van der Waals surface area (Å²) in [7, 11) is -3.54. The second kappa shape index (κ2) is 7.06. The highest BCUT2D eigenvalue weighted by molar-refractivity contribution is 7.99. The lowest BCUT2D eigenvalue weighted by Crippen LogP contribution is -2.16. The average Bonchev–Trinajstić information content (AvgIpc) is 3.19. The molecule has 1 aliphatic heterocycles. The molecule has 25 heavy (non-hydrogen) atoms. The van der Waals surface area contributed by atoms with Gasteiger partial charge in [-0.1, -0.05) is 0 Å². The van der Waals surface area contributed by atoms with Crippen LogP contribution in [0, 0.1) is 10.1 Å². The molecular weight excluding hydrogens is 370 g/mol. The topological polar surface area (TPSA) is 130 Å². The molecule has 1 aliphatic rings. The molecule has 0 saturated carbocycles. The van der Waals surface area contributed by atoms with Crippen LogP contribution in [-0.2, 0) is 21.1 Å². The highest BCUT2D eigenvalue weighted by Crippen LogP contribution is 2.35. The molecule has 0 bridgehead atoms. The third-order valence-electron chi connectivity index (χ3n) is 3.66. The molecule has 12 heteroatoms. The van der Waals surface area contributed by atoms with Gasteiger partial charge in [-0.25, -0.2) is 13.1 Å². The Morgan fingerprint density at radius 2 is 2.28 bits per heavy atom. The minimum absolute atomic E-state index is 0.0189. The van der Waals surface area contributed by atoms with Crippen LogP contribution in [0.15, 0.2) is 33.1 Å². The van der Waals surface area contributed by atoms with Gasteiger partial charge in [0.1, 0.15) is 0 Å². The number of ether oxygens (including phenoxy) is 1. The molecule has 0 amide bonds.